The summed E-state index contributed by atoms with van der Waals surface area (Å²) in [6, 6.07) is 2.03. The molecule has 0 radical (unpaired) electrons. The Hall–Kier alpha value is -0.970. The van der Waals surface area contributed by atoms with E-state index in [1.165, 1.54) is 11.1 Å². The van der Waals surface area contributed by atoms with Crippen LogP contribution in [0.4, 0.5) is 0 Å². The van der Waals surface area contributed by atoms with Gasteiger partial charge >= 0.3 is 0 Å². The first-order chi connectivity index (χ1) is 7.79. The first-order valence-corrected chi connectivity index (χ1v) is 5.64. The van der Waals surface area contributed by atoms with Gasteiger partial charge in [0.2, 0.25) is 0 Å². The molecule has 1 fully saturated rings. The summed E-state index contributed by atoms with van der Waals surface area (Å²) in [6.07, 6.45) is 3.69. The van der Waals surface area contributed by atoms with Crippen LogP contribution in [0.1, 0.15) is 11.1 Å². The summed E-state index contributed by atoms with van der Waals surface area (Å²) in [7, 11) is 0. The average molecular weight is 222 g/mol. The van der Waals surface area contributed by atoms with Crippen molar-refractivity contribution < 1.29 is 9.84 Å². The minimum absolute atomic E-state index is 0.0364. The minimum Gasteiger partial charge on any atom is -0.394 e. The predicted molar refractivity (Wildman–Crippen MR) is 61.1 cm³/mol. The fourth-order valence-electron chi connectivity index (χ4n) is 1.94. The number of aromatic nitrogens is 1. The molecule has 1 aromatic heterocycles. The third-order valence-corrected chi connectivity index (χ3v) is 2.97. The molecule has 1 saturated heterocycles. The second-order valence-corrected chi connectivity index (χ2v) is 4.21. The molecule has 0 bridgehead atoms. The molecule has 4 heteroatoms. The lowest BCUT2D eigenvalue weighted by molar-refractivity contribution is -0.0551. The normalized spacial score (nSPS) is 22.2. The van der Waals surface area contributed by atoms with E-state index >= 15 is 0 Å². The van der Waals surface area contributed by atoms with Crippen LogP contribution in [0.15, 0.2) is 18.5 Å². The Kier molecular flexibility index (Phi) is 3.88. The van der Waals surface area contributed by atoms with Crippen molar-refractivity contribution in [1.29, 1.82) is 0 Å². The van der Waals surface area contributed by atoms with E-state index in [2.05, 4.69) is 16.8 Å². The molecule has 1 atom stereocenters. The zero-order valence-electron chi connectivity index (χ0n) is 9.59. The molecule has 2 rings (SSSR count). The highest BCUT2D eigenvalue weighted by Crippen LogP contribution is 2.12. The van der Waals surface area contributed by atoms with Gasteiger partial charge in [-0.05, 0) is 24.1 Å². The molecule has 1 aliphatic rings. The maximum atomic E-state index is 9.07. The summed E-state index contributed by atoms with van der Waals surface area (Å²) in [4.78, 5) is 6.44. The van der Waals surface area contributed by atoms with E-state index in [4.69, 9.17) is 9.84 Å². The van der Waals surface area contributed by atoms with Crippen molar-refractivity contribution in [2.75, 3.05) is 26.3 Å². The van der Waals surface area contributed by atoms with Crippen molar-refractivity contribution in [1.82, 2.24) is 9.88 Å². The Bertz CT molecular complexity index is 344. The lowest BCUT2D eigenvalue weighted by atomic mass is 10.1. The SMILES string of the molecule is Cc1ccncc1CN1CCO[C@@H](CO)C1. The molecular weight excluding hydrogens is 204 g/mol. The van der Waals surface area contributed by atoms with E-state index in [0.29, 0.717) is 6.61 Å². The molecule has 0 aromatic carbocycles. The third kappa shape index (κ3) is 2.78. The first kappa shape index (κ1) is 11.5. The Morgan fingerprint density at radius 1 is 1.62 bits per heavy atom. The van der Waals surface area contributed by atoms with Crippen LogP contribution >= 0.6 is 0 Å². The number of ether oxygens (including phenoxy) is 1. The Balaban J connectivity index is 1.97. The van der Waals surface area contributed by atoms with Crippen molar-refractivity contribution >= 4 is 0 Å². The highest BCUT2D eigenvalue weighted by atomic mass is 16.5. The van der Waals surface area contributed by atoms with Crippen LogP contribution in [0, 0.1) is 6.92 Å². The number of hydrogen-bond acceptors (Lipinski definition) is 4. The van der Waals surface area contributed by atoms with Crippen molar-refractivity contribution in [2.24, 2.45) is 0 Å². The van der Waals surface area contributed by atoms with Crippen molar-refractivity contribution in [2.45, 2.75) is 19.6 Å². The fourth-order valence-corrected chi connectivity index (χ4v) is 1.94. The molecule has 0 unspecified atom stereocenters. The Labute approximate surface area is 95.9 Å². The number of aliphatic hydroxyl groups excluding tert-OH is 1. The first-order valence-electron chi connectivity index (χ1n) is 5.64. The summed E-state index contributed by atoms with van der Waals surface area (Å²) < 4.78 is 5.42. The predicted octanol–water partition coefficient (Wildman–Crippen LogP) is 0.583. The lowest BCUT2D eigenvalue weighted by Crippen LogP contribution is -2.43. The van der Waals surface area contributed by atoms with Crippen LogP contribution in [0.3, 0.4) is 0 Å². The average Bonchev–Trinajstić information content (AvgIpc) is 2.32. The van der Waals surface area contributed by atoms with E-state index in [1.54, 1.807) is 0 Å². The summed E-state index contributed by atoms with van der Waals surface area (Å²) in [5.41, 5.74) is 2.52. The van der Waals surface area contributed by atoms with Gasteiger partial charge in [-0.1, -0.05) is 0 Å². The zero-order chi connectivity index (χ0) is 11.4. The summed E-state index contributed by atoms with van der Waals surface area (Å²) >= 11 is 0. The van der Waals surface area contributed by atoms with Gasteiger partial charge in [-0.3, -0.25) is 9.88 Å². The van der Waals surface area contributed by atoms with Gasteiger partial charge in [0.25, 0.3) is 0 Å². The van der Waals surface area contributed by atoms with E-state index < -0.39 is 0 Å². The lowest BCUT2D eigenvalue weighted by Gasteiger charge is -2.32. The maximum absolute atomic E-state index is 9.07. The largest absolute Gasteiger partial charge is 0.394 e. The van der Waals surface area contributed by atoms with Crippen LogP contribution in [0.2, 0.25) is 0 Å². The number of aryl methyl sites for hydroxylation is 1. The van der Waals surface area contributed by atoms with Gasteiger partial charge in [0.15, 0.2) is 0 Å². The van der Waals surface area contributed by atoms with Gasteiger partial charge in [0.05, 0.1) is 19.3 Å². The standard InChI is InChI=1S/C12H18N2O2/c1-10-2-3-13-6-11(10)7-14-4-5-16-12(8-14)9-15/h2-3,6,12,15H,4-5,7-9H2,1H3/t12-/m1/s1. The molecule has 1 aromatic rings. The third-order valence-electron chi connectivity index (χ3n) is 2.97. The second-order valence-electron chi connectivity index (χ2n) is 4.21. The quantitative estimate of drug-likeness (QED) is 0.812. The molecule has 0 amide bonds. The van der Waals surface area contributed by atoms with E-state index in [0.717, 1.165) is 19.6 Å². The summed E-state index contributed by atoms with van der Waals surface area (Å²) in [5.74, 6) is 0. The zero-order valence-corrected chi connectivity index (χ0v) is 9.59. The molecule has 1 aliphatic heterocycles. The van der Waals surface area contributed by atoms with Crippen molar-refractivity contribution in [3.63, 3.8) is 0 Å². The number of morpholine rings is 1. The Morgan fingerprint density at radius 2 is 2.50 bits per heavy atom. The number of pyridine rings is 1. The summed E-state index contributed by atoms with van der Waals surface area (Å²) in [5, 5.41) is 9.07. The van der Waals surface area contributed by atoms with Gasteiger partial charge in [0, 0.05) is 32.0 Å². The van der Waals surface area contributed by atoms with Gasteiger partial charge in [-0.2, -0.15) is 0 Å². The van der Waals surface area contributed by atoms with Gasteiger partial charge < -0.3 is 9.84 Å². The molecule has 4 nitrogen and oxygen atoms in total. The van der Waals surface area contributed by atoms with Gasteiger partial charge in [-0.25, -0.2) is 0 Å². The Morgan fingerprint density at radius 3 is 3.25 bits per heavy atom. The van der Waals surface area contributed by atoms with Gasteiger partial charge in [-0.15, -0.1) is 0 Å². The number of hydrogen-bond donors (Lipinski definition) is 1. The van der Waals surface area contributed by atoms with Crippen molar-refractivity contribution in [3.8, 4) is 0 Å². The van der Waals surface area contributed by atoms with Crippen molar-refractivity contribution in [3.05, 3.63) is 29.6 Å². The summed E-state index contributed by atoms with van der Waals surface area (Å²) in [6.45, 7) is 5.50. The van der Waals surface area contributed by atoms with E-state index in [9.17, 15) is 0 Å². The maximum Gasteiger partial charge on any atom is 0.0933 e. The molecular formula is C12H18N2O2. The van der Waals surface area contributed by atoms with E-state index in [1.807, 2.05) is 18.5 Å². The monoisotopic (exact) mass is 222 g/mol. The molecule has 0 spiro atoms. The van der Waals surface area contributed by atoms with E-state index in [-0.39, 0.29) is 12.7 Å². The van der Waals surface area contributed by atoms with Crippen LogP contribution in [0.25, 0.3) is 0 Å². The number of nitrogens with zero attached hydrogens (tertiary/aromatic N) is 2. The molecule has 16 heavy (non-hydrogen) atoms. The number of rotatable bonds is 3. The molecule has 0 saturated carbocycles. The number of aliphatic hydroxyl groups is 1. The minimum atomic E-state index is -0.0364. The van der Waals surface area contributed by atoms with Gasteiger partial charge in [0.1, 0.15) is 0 Å². The molecule has 2 heterocycles. The van der Waals surface area contributed by atoms with Crippen LogP contribution in [0.5, 0.6) is 0 Å². The highest BCUT2D eigenvalue weighted by Gasteiger charge is 2.19. The van der Waals surface area contributed by atoms with Crippen LogP contribution in [-0.4, -0.2) is 47.4 Å². The smallest absolute Gasteiger partial charge is 0.0933 e. The molecule has 88 valence electrons. The second kappa shape index (κ2) is 5.39. The van der Waals surface area contributed by atoms with Crippen LogP contribution < -0.4 is 0 Å². The van der Waals surface area contributed by atoms with Crippen LogP contribution in [-0.2, 0) is 11.3 Å². The molecule has 1 N–H and O–H groups in total. The molecule has 0 aliphatic carbocycles. The fraction of sp³-hybridized carbons (Fsp3) is 0.583. The highest BCUT2D eigenvalue weighted by molar-refractivity contribution is 5.21. The topological polar surface area (TPSA) is 45.6 Å².